The molecular weight excluding hydrogens is 400 g/mol. The highest BCUT2D eigenvalue weighted by Crippen LogP contribution is 2.20. The third kappa shape index (κ3) is 6.58. The van der Waals surface area contributed by atoms with Gasteiger partial charge in [-0.2, -0.15) is 12.6 Å². The van der Waals surface area contributed by atoms with Gasteiger partial charge in [-0.1, -0.05) is 20.3 Å². The predicted molar refractivity (Wildman–Crippen MR) is 109 cm³/mol. The van der Waals surface area contributed by atoms with E-state index in [4.69, 9.17) is 5.73 Å². The lowest BCUT2D eigenvalue weighted by Gasteiger charge is -2.31. The fourth-order valence-electron chi connectivity index (χ4n) is 3.15. The number of carboxylic acids is 1. The van der Waals surface area contributed by atoms with Gasteiger partial charge in [0.1, 0.15) is 18.1 Å². The fourth-order valence-corrected chi connectivity index (χ4v) is 3.31. The van der Waals surface area contributed by atoms with Crippen LogP contribution in [0.15, 0.2) is 0 Å². The molecule has 1 aliphatic heterocycles. The van der Waals surface area contributed by atoms with E-state index in [1.54, 1.807) is 6.92 Å². The number of aliphatic carboxylic acids is 1. The van der Waals surface area contributed by atoms with Crippen molar-refractivity contribution in [1.29, 1.82) is 0 Å². The molecule has 1 heterocycles. The Hall–Kier alpha value is -1.85. The number of carbonyl (C=O) groups excluding carboxylic acids is 3. The molecule has 0 aromatic carbocycles. The van der Waals surface area contributed by atoms with Crippen LogP contribution in [-0.4, -0.2) is 81.4 Å². The number of carbonyl (C=O) groups is 4. The van der Waals surface area contributed by atoms with Crippen LogP contribution in [0, 0.1) is 5.92 Å². The van der Waals surface area contributed by atoms with Crippen LogP contribution in [-0.2, 0) is 19.2 Å². The van der Waals surface area contributed by atoms with Crippen molar-refractivity contribution in [2.45, 2.75) is 70.3 Å². The Kier molecular flexibility index (Phi) is 9.87. The summed E-state index contributed by atoms with van der Waals surface area (Å²) < 4.78 is 0. The molecule has 3 amide bonds. The Morgan fingerprint density at radius 2 is 1.83 bits per heavy atom. The van der Waals surface area contributed by atoms with Gasteiger partial charge in [-0.3, -0.25) is 14.4 Å². The molecule has 0 aromatic rings. The molecule has 0 aliphatic carbocycles. The third-order valence-corrected chi connectivity index (χ3v) is 5.59. The van der Waals surface area contributed by atoms with Crippen LogP contribution in [0.5, 0.6) is 0 Å². The SMILES string of the molecule is CCC(C)C(NC(=O)C1CCCN1C(=O)C(NC(=O)C(N)CS)C(C)O)C(=O)O. The molecule has 11 heteroatoms. The maximum absolute atomic E-state index is 13.0. The first-order valence-corrected chi connectivity index (χ1v) is 10.4. The lowest BCUT2D eigenvalue weighted by atomic mass is 9.98. The second-order valence-corrected chi connectivity index (χ2v) is 7.78. The van der Waals surface area contributed by atoms with E-state index in [1.165, 1.54) is 11.8 Å². The lowest BCUT2D eigenvalue weighted by Crippen LogP contribution is -2.60. The number of aliphatic hydroxyl groups is 1. The van der Waals surface area contributed by atoms with E-state index in [-0.39, 0.29) is 18.2 Å². The van der Waals surface area contributed by atoms with E-state index in [0.29, 0.717) is 19.3 Å². The predicted octanol–water partition coefficient (Wildman–Crippen LogP) is -1.28. The summed E-state index contributed by atoms with van der Waals surface area (Å²) in [5.41, 5.74) is 5.60. The standard InChI is InChI=1S/C18H32N4O6S/c1-4-9(2)13(18(27)28)20-16(25)12-6-5-7-22(12)17(26)14(10(3)23)21-15(24)11(19)8-29/h9-14,23,29H,4-8,19H2,1-3H3,(H,20,25)(H,21,24)(H,27,28). The second kappa shape index (κ2) is 11.4. The Morgan fingerprint density at radius 3 is 2.31 bits per heavy atom. The van der Waals surface area contributed by atoms with Crippen LogP contribution in [0.3, 0.4) is 0 Å². The molecule has 1 fully saturated rings. The number of hydrogen-bond donors (Lipinski definition) is 6. The molecule has 10 nitrogen and oxygen atoms in total. The van der Waals surface area contributed by atoms with Gasteiger partial charge in [0.2, 0.25) is 17.7 Å². The van der Waals surface area contributed by atoms with Gasteiger partial charge in [0, 0.05) is 12.3 Å². The highest BCUT2D eigenvalue weighted by Gasteiger charge is 2.40. The summed E-state index contributed by atoms with van der Waals surface area (Å²) in [5.74, 6) is -3.18. The Labute approximate surface area is 176 Å². The maximum Gasteiger partial charge on any atom is 0.326 e. The molecule has 0 spiro atoms. The lowest BCUT2D eigenvalue weighted by molar-refractivity contribution is -0.146. The molecule has 1 aliphatic rings. The van der Waals surface area contributed by atoms with Crippen LogP contribution < -0.4 is 16.4 Å². The van der Waals surface area contributed by atoms with E-state index >= 15 is 0 Å². The first kappa shape index (κ1) is 25.2. The number of hydrogen-bond acceptors (Lipinski definition) is 7. The molecule has 0 aromatic heterocycles. The Bertz CT molecular complexity index is 617. The number of thiol groups is 1. The van der Waals surface area contributed by atoms with E-state index in [2.05, 4.69) is 23.3 Å². The van der Waals surface area contributed by atoms with E-state index in [9.17, 15) is 29.4 Å². The molecule has 6 atom stereocenters. The number of carboxylic acid groups (broad SMARTS) is 1. The second-order valence-electron chi connectivity index (χ2n) is 7.42. The molecule has 29 heavy (non-hydrogen) atoms. The number of rotatable bonds is 10. The van der Waals surface area contributed by atoms with Gasteiger partial charge < -0.3 is 31.5 Å². The van der Waals surface area contributed by atoms with Crippen molar-refractivity contribution < 1.29 is 29.4 Å². The van der Waals surface area contributed by atoms with Crippen molar-refractivity contribution in [2.24, 2.45) is 11.7 Å². The highest BCUT2D eigenvalue weighted by molar-refractivity contribution is 7.80. The quantitative estimate of drug-likeness (QED) is 0.234. The van der Waals surface area contributed by atoms with E-state index in [1.807, 2.05) is 6.92 Å². The van der Waals surface area contributed by atoms with Gasteiger partial charge in [0.25, 0.3) is 0 Å². The van der Waals surface area contributed by atoms with E-state index in [0.717, 1.165) is 0 Å². The summed E-state index contributed by atoms with van der Waals surface area (Å²) in [6.45, 7) is 5.16. The molecular formula is C18H32N4O6S. The average Bonchev–Trinajstić information content (AvgIpc) is 3.17. The highest BCUT2D eigenvalue weighted by atomic mass is 32.1. The number of aliphatic hydroxyl groups excluding tert-OH is 1. The van der Waals surface area contributed by atoms with Gasteiger partial charge in [0.15, 0.2) is 0 Å². The van der Waals surface area contributed by atoms with Crippen LogP contribution in [0.2, 0.25) is 0 Å². The number of nitrogens with two attached hydrogens (primary N) is 1. The number of likely N-dealkylation sites (tertiary alicyclic amines) is 1. The first-order chi connectivity index (χ1) is 13.5. The van der Waals surface area contributed by atoms with Crippen molar-refractivity contribution in [3.8, 4) is 0 Å². The van der Waals surface area contributed by atoms with Crippen LogP contribution >= 0.6 is 12.6 Å². The molecule has 0 saturated carbocycles. The summed E-state index contributed by atoms with van der Waals surface area (Å²) in [6.07, 6.45) is 0.254. The minimum absolute atomic E-state index is 0.0630. The summed E-state index contributed by atoms with van der Waals surface area (Å²) in [5, 5.41) is 24.3. The number of nitrogens with one attached hydrogen (secondary N) is 2. The molecule has 166 valence electrons. The minimum atomic E-state index is -1.27. The summed E-state index contributed by atoms with van der Waals surface area (Å²) in [4.78, 5) is 50.5. The molecule has 0 radical (unpaired) electrons. The molecule has 6 unspecified atom stereocenters. The monoisotopic (exact) mass is 432 g/mol. The zero-order valence-electron chi connectivity index (χ0n) is 17.0. The topological polar surface area (TPSA) is 162 Å². The summed E-state index contributed by atoms with van der Waals surface area (Å²) >= 11 is 3.94. The van der Waals surface area contributed by atoms with Gasteiger partial charge in [0.05, 0.1) is 12.1 Å². The van der Waals surface area contributed by atoms with Crippen molar-refractivity contribution >= 4 is 36.3 Å². The van der Waals surface area contributed by atoms with Gasteiger partial charge in [-0.15, -0.1) is 0 Å². The molecule has 1 rings (SSSR count). The minimum Gasteiger partial charge on any atom is -0.480 e. The zero-order valence-corrected chi connectivity index (χ0v) is 17.9. The molecule has 1 saturated heterocycles. The fraction of sp³-hybridized carbons (Fsp3) is 0.778. The average molecular weight is 433 g/mol. The van der Waals surface area contributed by atoms with Gasteiger partial charge in [-0.25, -0.2) is 4.79 Å². The summed E-state index contributed by atoms with van der Waals surface area (Å²) in [6, 6.07) is -4.15. The molecule has 6 N–H and O–H groups in total. The third-order valence-electron chi connectivity index (χ3n) is 5.20. The number of nitrogens with zero attached hydrogens (tertiary/aromatic N) is 1. The van der Waals surface area contributed by atoms with E-state index < -0.39 is 54.0 Å². The largest absolute Gasteiger partial charge is 0.480 e. The van der Waals surface area contributed by atoms with Crippen molar-refractivity contribution in [2.75, 3.05) is 12.3 Å². The first-order valence-electron chi connectivity index (χ1n) is 9.73. The van der Waals surface area contributed by atoms with Crippen molar-refractivity contribution in [1.82, 2.24) is 15.5 Å². The maximum atomic E-state index is 13.0. The van der Waals surface area contributed by atoms with Crippen molar-refractivity contribution in [3.63, 3.8) is 0 Å². The van der Waals surface area contributed by atoms with Gasteiger partial charge >= 0.3 is 5.97 Å². The van der Waals surface area contributed by atoms with Crippen LogP contribution in [0.25, 0.3) is 0 Å². The normalized spacial score (nSPS) is 21.6. The molecule has 0 bridgehead atoms. The number of amides is 3. The van der Waals surface area contributed by atoms with Crippen LogP contribution in [0.1, 0.15) is 40.0 Å². The smallest absolute Gasteiger partial charge is 0.326 e. The Morgan fingerprint density at radius 1 is 1.21 bits per heavy atom. The van der Waals surface area contributed by atoms with Crippen LogP contribution in [0.4, 0.5) is 0 Å². The Balaban J connectivity index is 2.94. The summed E-state index contributed by atoms with van der Waals surface area (Å²) in [7, 11) is 0. The zero-order chi connectivity index (χ0) is 22.3. The van der Waals surface area contributed by atoms with Crippen molar-refractivity contribution in [3.05, 3.63) is 0 Å². The van der Waals surface area contributed by atoms with Gasteiger partial charge in [-0.05, 0) is 25.7 Å².